The smallest absolute Gasteiger partial charge is 0.318 e. The highest BCUT2D eigenvalue weighted by molar-refractivity contribution is 6.33. The lowest BCUT2D eigenvalue weighted by Gasteiger charge is -2.24. The van der Waals surface area contributed by atoms with Crippen LogP contribution in [0.5, 0.6) is 6.01 Å². The minimum Gasteiger partial charge on any atom is -0.467 e. The summed E-state index contributed by atoms with van der Waals surface area (Å²) in [5.74, 6) is 0.623. The molecular weight excluding hydrogens is 276 g/mol. The van der Waals surface area contributed by atoms with Gasteiger partial charge in [-0.25, -0.2) is 4.98 Å². The highest BCUT2D eigenvalue weighted by Crippen LogP contribution is 2.30. The third-order valence-corrected chi connectivity index (χ3v) is 3.06. The molecule has 0 spiro atoms. The third kappa shape index (κ3) is 3.37. The van der Waals surface area contributed by atoms with Gasteiger partial charge < -0.3 is 15.4 Å². The molecule has 2 rings (SSSR count). The Bertz CT molecular complexity index is 550. The summed E-state index contributed by atoms with van der Waals surface area (Å²) in [6.45, 7) is 1.32. The quantitative estimate of drug-likeness (QED) is 0.886. The van der Waals surface area contributed by atoms with E-state index in [9.17, 15) is 0 Å². The van der Waals surface area contributed by atoms with Gasteiger partial charge in [0, 0.05) is 12.2 Å². The zero-order valence-electron chi connectivity index (χ0n) is 11.3. The van der Waals surface area contributed by atoms with Crippen LogP contribution in [0.25, 0.3) is 0 Å². The second kappa shape index (κ2) is 7.07. The highest BCUT2D eigenvalue weighted by Gasteiger charge is 2.15. The van der Waals surface area contributed by atoms with Crippen molar-refractivity contribution in [1.82, 2.24) is 9.97 Å². The van der Waals surface area contributed by atoms with Crippen molar-refractivity contribution < 1.29 is 4.74 Å². The first-order valence-electron chi connectivity index (χ1n) is 6.35. The highest BCUT2D eigenvalue weighted by atomic mass is 35.5. The van der Waals surface area contributed by atoms with E-state index in [0.29, 0.717) is 17.4 Å². The fourth-order valence-corrected chi connectivity index (χ4v) is 2.04. The molecule has 20 heavy (non-hydrogen) atoms. The van der Waals surface area contributed by atoms with Gasteiger partial charge in [-0.1, -0.05) is 29.8 Å². The van der Waals surface area contributed by atoms with Crippen LogP contribution in [0.1, 0.15) is 6.42 Å². The van der Waals surface area contributed by atoms with E-state index < -0.39 is 0 Å². The number of hydrogen-bond donors (Lipinski definition) is 1. The van der Waals surface area contributed by atoms with E-state index in [1.54, 1.807) is 6.20 Å². The predicted octanol–water partition coefficient (Wildman–Crippen LogP) is 2.63. The number of rotatable bonds is 6. The summed E-state index contributed by atoms with van der Waals surface area (Å²) in [5.41, 5.74) is 6.61. The number of para-hydroxylation sites is 1. The maximum atomic E-state index is 6.22. The zero-order valence-corrected chi connectivity index (χ0v) is 12.0. The van der Waals surface area contributed by atoms with Crippen molar-refractivity contribution in [3.8, 4) is 6.01 Å². The van der Waals surface area contributed by atoms with E-state index in [1.807, 2.05) is 35.2 Å². The Kier molecular flexibility index (Phi) is 5.15. The van der Waals surface area contributed by atoms with Crippen molar-refractivity contribution in [3.05, 3.63) is 41.6 Å². The minimum atomic E-state index is 0.290. The summed E-state index contributed by atoms with van der Waals surface area (Å²) in [5, 5.41) is 0.478. The number of aromatic nitrogens is 2. The van der Waals surface area contributed by atoms with Crippen molar-refractivity contribution >= 4 is 23.1 Å². The molecule has 0 fully saturated rings. The fourth-order valence-electron chi connectivity index (χ4n) is 1.84. The van der Waals surface area contributed by atoms with Crippen LogP contribution < -0.4 is 15.4 Å². The molecule has 0 aliphatic heterocycles. The molecule has 0 saturated heterocycles. The lowest BCUT2D eigenvalue weighted by Crippen LogP contribution is -2.22. The van der Waals surface area contributed by atoms with E-state index >= 15 is 0 Å². The molecule has 2 N–H and O–H groups in total. The maximum absolute atomic E-state index is 6.22. The van der Waals surface area contributed by atoms with Crippen LogP contribution in [0.3, 0.4) is 0 Å². The van der Waals surface area contributed by atoms with Gasteiger partial charge >= 0.3 is 6.01 Å². The summed E-state index contributed by atoms with van der Waals surface area (Å²) < 4.78 is 5.07. The van der Waals surface area contributed by atoms with Gasteiger partial charge in [0.1, 0.15) is 5.02 Å². The van der Waals surface area contributed by atoms with Gasteiger partial charge in [0.25, 0.3) is 0 Å². The number of hydrogen-bond acceptors (Lipinski definition) is 5. The number of ether oxygens (including phenoxy) is 1. The Labute approximate surface area is 123 Å². The second-order valence-electron chi connectivity index (χ2n) is 4.16. The normalized spacial score (nSPS) is 10.3. The van der Waals surface area contributed by atoms with Crippen LogP contribution in [0, 0.1) is 0 Å². The van der Waals surface area contributed by atoms with Gasteiger partial charge in [0.15, 0.2) is 5.82 Å². The van der Waals surface area contributed by atoms with Crippen molar-refractivity contribution in [2.24, 2.45) is 5.73 Å². The molecule has 1 heterocycles. The summed E-state index contributed by atoms with van der Waals surface area (Å²) in [7, 11) is 1.53. The molecule has 0 radical (unpaired) electrons. The number of halogens is 1. The van der Waals surface area contributed by atoms with Crippen LogP contribution >= 0.6 is 11.6 Å². The number of nitrogens with zero attached hydrogens (tertiary/aromatic N) is 3. The van der Waals surface area contributed by atoms with Gasteiger partial charge in [0.2, 0.25) is 0 Å². The first-order chi connectivity index (χ1) is 9.76. The molecule has 0 saturated carbocycles. The molecular formula is C14H17ClN4O. The summed E-state index contributed by atoms with van der Waals surface area (Å²) >= 11 is 6.22. The average molecular weight is 293 g/mol. The van der Waals surface area contributed by atoms with Crippen molar-refractivity contribution in [1.29, 1.82) is 0 Å². The zero-order chi connectivity index (χ0) is 14.4. The number of methoxy groups -OCH3 is 1. The van der Waals surface area contributed by atoms with Gasteiger partial charge in [-0.05, 0) is 25.1 Å². The minimum absolute atomic E-state index is 0.290. The first-order valence-corrected chi connectivity index (χ1v) is 6.73. The molecule has 0 atom stereocenters. The number of nitrogens with two attached hydrogens (primary N) is 1. The van der Waals surface area contributed by atoms with Crippen LogP contribution in [-0.4, -0.2) is 30.2 Å². The van der Waals surface area contributed by atoms with Crippen LogP contribution in [0.4, 0.5) is 11.5 Å². The Morgan fingerprint density at radius 3 is 2.70 bits per heavy atom. The Hall–Kier alpha value is -1.85. The Morgan fingerprint density at radius 1 is 1.30 bits per heavy atom. The van der Waals surface area contributed by atoms with Gasteiger partial charge in [0.05, 0.1) is 13.3 Å². The van der Waals surface area contributed by atoms with E-state index in [0.717, 1.165) is 18.7 Å². The van der Waals surface area contributed by atoms with Gasteiger partial charge in [-0.15, -0.1) is 0 Å². The lowest BCUT2D eigenvalue weighted by atomic mass is 10.2. The van der Waals surface area contributed by atoms with Gasteiger partial charge in [-0.2, -0.15) is 4.98 Å². The molecule has 0 aliphatic rings. The summed E-state index contributed by atoms with van der Waals surface area (Å²) in [6, 6.07) is 10.2. The third-order valence-electron chi connectivity index (χ3n) is 2.80. The van der Waals surface area contributed by atoms with Gasteiger partial charge in [-0.3, -0.25) is 0 Å². The Morgan fingerprint density at radius 2 is 2.05 bits per heavy atom. The molecule has 2 aromatic rings. The Balaban J connectivity index is 2.40. The summed E-state index contributed by atoms with van der Waals surface area (Å²) in [4.78, 5) is 10.4. The average Bonchev–Trinajstić information content (AvgIpc) is 2.50. The largest absolute Gasteiger partial charge is 0.467 e. The maximum Gasteiger partial charge on any atom is 0.318 e. The number of benzene rings is 1. The monoisotopic (exact) mass is 292 g/mol. The van der Waals surface area contributed by atoms with Crippen LogP contribution in [-0.2, 0) is 0 Å². The predicted molar refractivity (Wildman–Crippen MR) is 80.7 cm³/mol. The van der Waals surface area contributed by atoms with Crippen LogP contribution in [0.15, 0.2) is 36.5 Å². The van der Waals surface area contributed by atoms with E-state index in [-0.39, 0.29) is 6.01 Å². The molecule has 0 bridgehead atoms. The standard InChI is InChI=1S/C14H17ClN4O/c1-20-14-17-10-12(15)13(18-14)19(9-5-8-16)11-6-3-2-4-7-11/h2-4,6-7,10H,5,8-9,16H2,1H3. The second-order valence-corrected chi connectivity index (χ2v) is 4.56. The van der Waals surface area contributed by atoms with E-state index in [2.05, 4.69) is 9.97 Å². The molecule has 0 unspecified atom stereocenters. The van der Waals surface area contributed by atoms with E-state index in [4.69, 9.17) is 22.1 Å². The summed E-state index contributed by atoms with van der Waals surface area (Å²) in [6.07, 6.45) is 2.37. The topological polar surface area (TPSA) is 64.3 Å². The SMILES string of the molecule is COc1ncc(Cl)c(N(CCCN)c2ccccc2)n1. The first kappa shape index (κ1) is 14.6. The molecule has 106 valence electrons. The lowest BCUT2D eigenvalue weighted by molar-refractivity contribution is 0.380. The van der Waals surface area contributed by atoms with Crippen LogP contribution in [0.2, 0.25) is 5.02 Å². The van der Waals surface area contributed by atoms with Crippen molar-refractivity contribution in [2.45, 2.75) is 6.42 Å². The molecule has 0 amide bonds. The molecule has 1 aromatic carbocycles. The molecule has 5 nitrogen and oxygen atoms in total. The molecule has 6 heteroatoms. The van der Waals surface area contributed by atoms with E-state index in [1.165, 1.54) is 7.11 Å². The molecule has 1 aromatic heterocycles. The number of anilines is 2. The fraction of sp³-hybridized carbons (Fsp3) is 0.286. The van der Waals surface area contributed by atoms with Crippen molar-refractivity contribution in [2.75, 3.05) is 25.1 Å². The van der Waals surface area contributed by atoms with Crippen molar-refractivity contribution in [3.63, 3.8) is 0 Å². The molecule has 0 aliphatic carbocycles.